The Labute approximate surface area is 139 Å². The van der Waals surface area contributed by atoms with Crippen LogP contribution in [0.25, 0.3) is 0 Å². The normalized spacial score (nSPS) is 15.3. The largest absolute Gasteiger partial charge is 0.486 e. The van der Waals surface area contributed by atoms with Crippen LogP contribution in [0.3, 0.4) is 0 Å². The van der Waals surface area contributed by atoms with Gasteiger partial charge < -0.3 is 19.7 Å². The second kappa shape index (κ2) is 5.78. The standard InChI is InChI=1S/C18H15N3O3/c19-9-12-3-1-2-4-13(12)11-21-15-8-17-16(23-5-6-24-17)7-14(15)20-10-18(21)22/h1-4,7-8,20H,5-6,10-11H2. The fourth-order valence-corrected chi connectivity index (χ4v) is 2.95. The van der Waals surface area contributed by atoms with Crippen molar-refractivity contribution in [1.29, 1.82) is 5.26 Å². The molecule has 0 aliphatic carbocycles. The van der Waals surface area contributed by atoms with Crippen LogP contribution in [0, 0.1) is 11.3 Å². The maximum atomic E-state index is 12.4. The molecule has 6 heteroatoms. The molecule has 0 unspecified atom stereocenters. The Morgan fingerprint density at radius 3 is 2.71 bits per heavy atom. The minimum Gasteiger partial charge on any atom is -0.486 e. The summed E-state index contributed by atoms with van der Waals surface area (Å²) in [7, 11) is 0. The molecule has 0 saturated heterocycles. The number of nitrogens with one attached hydrogen (secondary N) is 1. The number of nitriles is 1. The number of benzene rings is 2. The third-order valence-electron chi connectivity index (χ3n) is 4.15. The maximum absolute atomic E-state index is 12.4. The van der Waals surface area contributed by atoms with Crippen molar-refractivity contribution < 1.29 is 14.3 Å². The molecule has 2 aliphatic rings. The van der Waals surface area contributed by atoms with E-state index in [4.69, 9.17) is 9.47 Å². The van der Waals surface area contributed by atoms with Gasteiger partial charge in [-0.1, -0.05) is 18.2 Å². The molecule has 0 atom stereocenters. The maximum Gasteiger partial charge on any atom is 0.246 e. The van der Waals surface area contributed by atoms with Crippen LogP contribution in [0.2, 0.25) is 0 Å². The number of anilines is 2. The molecule has 2 aliphatic heterocycles. The van der Waals surface area contributed by atoms with Crippen LogP contribution in [0.5, 0.6) is 11.5 Å². The zero-order valence-corrected chi connectivity index (χ0v) is 12.9. The van der Waals surface area contributed by atoms with Crippen LogP contribution in [-0.2, 0) is 11.3 Å². The Bertz CT molecular complexity index is 857. The van der Waals surface area contributed by atoms with Gasteiger partial charge in [0.25, 0.3) is 0 Å². The lowest BCUT2D eigenvalue weighted by atomic mass is 10.1. The third kappa shape index (κ3) is 2.40. The molecule has 24 heavy (non-hydrogen) atoms. The van der Waals surface area contributed by atoms with E-state index >= 15 is 0 Å². The molecular formula is C18H15N3O3. The SMILES string of the molecule is N#Cc1ccccc1CN1C(=O)CNc2cc3c(cc21)OCCO3. The van der Waals surface area contributed by atoms with E-state index in [-0.39, 0.29) is 12.5 Å². The number of ether oxygens (including phenoxy) is 2. The van der Waals surface area contributed by atoms with Gasteiger partial charge >= 0.3 is 0 Å². The summed E-state index contributed by atoms with van der Waals surface area (Å²) in [6, 6.07) is 13.2. The Hall–Kier alpha value is -3.20. The molecular weight excluding hydrogens is 306 g/mol. The van der Waals surface area contributed by atoms with Crippen molar-refractivity contribution in [1.82, 2.24) is 0 Å². The summed E-state index contributed by atoms with van der Waals surface area (Å²) in [5, 5.41) is 12.4. The number of hydrogen-bond acceptors (Lipinski definition) is 5. The number of carbonyl (C=O) groups is 1. The summed E-state index contributed by atoms with van der Waals surface area (Å²) in [6.07, 6.45) is 0. The van der Waals surface area contributed by atoms with Gasteiger partial charge in [0, 0.05) is 12.1 Å². The molecule has 0 fully saturated rings. The molecule has 2 heterocycles. The van der Waals surface area contributed by atoms with E-state index in [0.29, 0.717) is 36.8 Å². The first-order valence-electron chi connectivity index (χ1n) is 7.72. The Morgan fingerprint density at radius 1 is 1.17 bits per heavy atom. The van der Waals surface area contributed by atoms with Crippen molar-refractivity contribution in [2.45, 2.75) is 6.54 Å². The predicted octanol–water partition coefficient (Wildman–Crippen LogP) is 2.29. The van der Waals surface area contributed by atoms with E-state index < -0.39 is 0 Å². The lowest BCUT2D eigenvalue weighted by Gasteiger charge is -2.32. The van der Waals surface area contributed by atoms with Crippen LogP contribution < -0.4 is 19.7 Å². The van der Waals surface area contributed by atoms with Crippen LogP contribution >= 0.6 is 0 Å². The summed E-state index contributed by atoms with van der Waals surface area (Å²) in [5.41, 5.74) is 2.95. The Balaban J connectivity index is 1.74. The molecule has 6 nitrogen and oxygen atoms in total. The number of fused-ring (bicyclic) bond motifs is 2. The molecule has 1 amide bonds. The highest BCUT2D eigenvalue weighted by atomic mass is 16.6. The molecule has 120 valence electrons. The fourth-order valence-electron chi connectivity index (χ4n) is 2.95. The first-order valence-corrected chi connectivity index (χ1v) is 7.72. The molecule has 0 bridgehead atoms. The van der Waals surface area contributed by atoms with Gasteiger partial charge in [-0.25, -0.2) is 0 Å². The summed E-state index contributed by atoms with van der Waals surface area (Å²) in [6.45, 7) is 1.56. The topological polar surface area (TPSA) is 74.6 Å². The van der Waals surface area contributed by atoms with Crippen LogP contribution in [0.15, 0.2) is 36.4 Å². The van der Waals surface area contributed by atoms with Gasteiger partial charge in [0.2, 0.25) is 5.91 Å². The lowest BCUT2D eigenvalue weighted by molar-refractivity contribution is -0.117. The van der Waals surface area contributed by atoms with Gasteiger partial charge in [-0.05, 0) is 11.6 Å². The highest BCUT2D eigenvalue weighted by Crippen LogP contribution is 2.42. The summed E-state index contributed by atoms with van der Waals surface area (Å²) < 4.78 is 11.2. The van der Waals surface area contributed by atoms with Crippen LogP contribution in [0.4, 0.5) is 11.4 Å². The van der Waals surface area contributed by atoms with E-state index in [1.165, 1.54) is 0 Å². The minimum atomic E-state index is -0.0491. The van der Waals surface area contributed by atoms with Gasteiger partial charge in [-0.15, -0.1) is 0 Å². The van der Waals surface area contributed by atoms with Gasteiger partial charge in [-0.2, -0.15) is 5.26 Å². The van der Waals surface area contributed by atoms with Gasteiger partial charge in [-0.3, -0.25) is 4.79 Å². The summed E-state index contributed by atoms with van der Waals surface area (Å²) >= 11 is 0. The highest BCUT2D eigenvalue weighted by molar-refractivity contribution is 6.03. The smallest absolute Gasteiger partial charge is 0.246 e. The summed E-state index contributed by atoms with van der Waals surface area (Å²) in [5.74, 6) is 1.27. The average molecular weight is 321 g/mol. The lowest BCUT2D eigenvalue weighted by Crippen LogP contribution is -2.39. The second-order valence-corrected chi connectivity index (χ2v) is 5.62. The van der Waals surface area contributed by atoms with Crippen LogP contribution in [0.1, 0.15) is 11.1 Å². The first-order chi connectivity index (χ1) is 11.8. The van der Waals surface area contributed by atoms with Crippen molar-refractivity contribution in [2.75, 3.05) is 30.0 Å². The van der Waals surface area contributed by atoms with E-state index in [2.05, 4.69) is 11.4 Å². The third-order valence-corrected chi connectivity index (χ3v) is 4.15. The number of hydrogen-bond donors (Lipinski definition) is 1. The molecule has 2 aromatic rings. The number of nitrogens with zero attached hydrogens (tertiary/aromatic N) is 2. The average Bonchev–Trinajstić information content (AvgIpc) is 2.63. The van der Waals surface area contributed by atoms with Crippen molar-refractivity contribution in [3.63, 3.8) is 0 Å². The molecule has 0 spiro atoms. The van der Waals surface area contributed by atoms with E-state index in [1.54, 1.807) is 11.0 Å². The molecule has 2 aromatic carbocycles. The molecule has 0 aromatic heterocycles. The van der Waals surface area contributed by atoms with Crippen molar-refractivity contribution in [2.24, 2.45) is 0 Å². The number of carbonyl (C=O) groups excluding carboxylic acids is 1. The van der Waals surface area contributed by atoms with Crippen molar-refractivity contribution >= 4 is 17.3 Å². The molecule has 4 rings (SSSR count). The Morgan fingerprint density at radius 2 is 1.92 bits per heavy atom. The van der Waals surface area contributed by atoms with E-state index in [1.807, 2.05) is 30.3 Å². The van der Waals surface area contributed by atoms with Crippen LogP contribution in [-0.4, -0.2) is 25.7 Å². The van der Waals surface area contributed by atoms with Gasteiger partial charge in [0.1, 0.15) is 13.2 Å². The first kappa shape index (κ1) is 14.4. The molecule has 0 saturated carbocycles. The molecule has 0 radical (unpaired) electrons. The Kier molecular flexibility index (Phi) is 3.47. The fraction of sp³-hybridized carbons (Fsp3) is 0.222. The van der Waals surface area contributed by atoms with E-state index in [0.717, 1.165) is 16.9 Å². The zero-order chi connectivity index (χ0) is 16.5. The number of amides is 1. The van der Waals surface area contributed by atoms with Crippen molar-refractivity contribution in [3.05, 3.63) is 47.5 Å². The quantitative estimate of drug-likeness (QED) is 0.918. The minimum absolute atomic E-state index is 0.0491. The second-order valence-electron chi connectivity index (χ2n) is 5.62. The van der Waals surface area contributed by atoms with Gasteiger partial charge in [0.15, 0.2) is 11.5 Å². The monoisotopic (exact) mass is 321 g/mol. The van der Waals surface area contributed by atoms with E-state index in [9.17, 15) is 10.1 Å². The predicted molar refractivity (Wildman–Crippen MR) is 88.3 cm³/mol. The van der Waals surface area contributed by atoms with Gasteiger partial charge in [0.05, 0.1) is 36.1 Å². The highest BCUT2D eigenvalue weighted by Gasteiger charge is 2.27. The molecule has 1 N–H and O–H groups in total. The number of rotatable bonds is 2. The summed E-state index contributed by atoms with van der Waals surface area (Å²) in [4.78, 5) is 14.1. The zero-order valence-electron chi connectivity index (χ0n) is 12.9. The van der Waals surface area contributed by atoms with Crippen molar-refractivity contribution in [3.8, 4) is 17.6 Å².